The number of aromatic carboxylic acids is 1. The summed E-state index contributed by atoms with van der Waals surface area (Å²) >= 11 is 0. The predicted molar refractivity (Wildman–Crippen MR) is 147 cm³/mol. The quantitative estimate of drug-likeness (QED) is 0.231. The number of nitrogens with zero attached hydrogens (tertiary/aromatic N) is 1. The lowest BCUT2D eigenvalue weighted by Crippen LogP contribution is -2.37. The average Bonchev–Trinajstić information content (AvgIpc) is 3.38. The van der Waals surface area contributed by atoms with Gasteiger partial charge < -0.3 is 15.1 Å². The molecule has 1 atom stereocenters. The van der Waals surface area contributed by atoms with E-state index in [0.29, 0.717) is 12.0 Å². The van der Waals surface area contributed by atoms with Gasteiger partial charge in [-0.15, -0.1) is 0 Å². The van der Waals surface area contributed by atoms with Crippen LogP contribution in [-0.2, 0) is 4.79 Å². The second kappa shape index (κ2) is 23.8. The zero-order valence-corrected chi connectivity index (χ0v) is 22.9. The van der Waals surface area contributed by atoms with Crippen LogP contribution in [0.4, 0.5) is 0 Å². The van der Waals surface area contributed by atoms with E-state index in [2.05, 4.69) is 6.92 Å². The summed E-state index contributed by atoms with van der Waals surface area (Å²) in [5.74, 6) is -0.620. The first kappa shape index (κ1) is 33.1. The number of hydrogen-bond acceptors (Lipinski definition) is 3. The number of benzene rings is 1. The molecule has 1 aromatic carbocycles. The van der Waals surface area contributed by atoms with Crippen molar-refractivity contribution in [3.63, 3.8) is 0 Å². The summed E-state index contributed by atoms with van der Waals surface area (Å²) in [4.78, 5) is 24.2. The first-order valence-corrected chi connectivity index (χ1v) is 14.3. The zero-order valence-electron chi connectivity index (χ0n) is 22.9. The van der Waals surface area contributed by atoms with Gasteiger partial charge in [0.25, 0.3) is 0 Å². The summed E-state index contributed by atoms with van der Waals surface area (Å²) in [7, 11) is 0. The SMILES string of the molecule is CC.CCCCCCCCCCCCCCCC(=O)N1CCCC1CO.O=C(O)c1ccccc1. The summed E-state index contributed by atoms with van der Waals surface area (Å²) in [5.41, 5.74) is 0.331. The Morgan fingerprint density at radius 3 is 1.74 bits per heavy atom. The lowest BCUT2D eigenvalue weighted by Gasteiger charge is -2.22. The molecular formula is C30H53NO4. The third-order valence-electron chi connectivity index (χ3n) is 6.42. The molecule has 1 saturated heterocycles. The van der Waals surface area contributed by atoms with Crippen LogP contribution in [0.15, 0.2) is 30.3 Å². The van der Waals surface area contributed by atoms with Crippen molar-refractivity contribution in [2.24, 2.45) is 0 Å². The van der Waals surface area contributed by atoms with Crippen LogP contribution in [0.5, 0.6) is 0 Å². The van der Waals surface area contributed by atoms with E-state index in [1.807, 2.05) is 18.7 Å². The van der Waals surface area contributed by atoms with Gasteiger partial charge >= 0.3 is 5.97 Å². The molecule has 0 spiro atoms. The molecule has 5 heteroatoms. The third-order valence-corrected chi connectivity index (χ3v) is 6.42. The van der Waals surface area contributed by atoms with Crippen molar-refractivity contribution in [1.82, 2.24) is 4.90 Å². The van der Waals surface area contributed by atoms with Crippen molar-refractivity contribution < 1.29 is 19.8 Å². The molecule has 1 aliphatic rings. The molecule has 35 heavy (non-hydrogen) atoms. The van der Waals surface area contributed by atoms with E-state index in [-0.39, 0.29) is 18.6 Å². The zero-order chi connectivity index (χ0) is 26.2. The van der Waals surface area contributed by atoms with Gasteiger partial charge in [-0.25, -0.2) is 4.79 Å². The molecule has 202 valence electrons. The van der Waals surface area contributed by atoms with Gasteiger partial charge in [-0.2, -0.15) is 0 Å². The fraction of sp³-hybridized carbons (Fsp3) is 0.733. The number of carboxylic acid groups (broad SMARTS) is 1. The first-order valence-electron chi connectivity index (χ1n) is 14.3. The molecule has 0 aliphatic carbocycles. The smallest absolute Gasteiger partial charge is 0.335 e. The van der Waals surface area contributed by atoms with Crippen LogP contribution in [0.25, 0.3) is 0 Å². The van der Waals surface area contributed by atoms with E-state index in [9.17, 15) is 14.7 Å². The fourth-order valence-electron chi connectivity index (χ4n) is 4.37. The Kier molecular flexibility index (Phi) is 22.6. The highest BCUT2D eigenvalue weighted by Gasteiger charge is 2.27. The topological polar surface area (TPSA) is 77.8 Å². The Hall–Kier alpha value is -1.88. The van der Waals surface area contributed by atoms with Gasteiger partial charge in [-0.1, -0.05) is 116 Å². The van der Waals surface area contributed by atoms with Gasteiger partial charge in [-0.05, 0) is 31.4 Å². The summed E-state index contributed by atoms with van der Waals surface area (Å²) in [6.45, 7) is 7.25. The van der Waals surface area contributed by atoms with E-state index < -0.39 is 5.97 Å². The molecule has 1 aromatic rings. The number of carbonyl (C=O) groups is 2. The minimum Gasteiger partial charge on any atom is -0.478 e. The maximum atomic E-state index is 12.1. The molecule has 0 aromatic heterocycles. The Morgan fingerprint density at radius 1 is 0.829 bits per heavy atom. The van der Waals surface area contributed by atoms with Crippen LogP contribution in [0.2, 0.25) is 0 Å². The number of amides is 1. The normalized spacial score (nSPS) is 14.5. The Bertz CT molecular complexity index is 620. The molecule has 0 radical (unpaired) electrons. The summed E-state index contributed by atoms with van der Waals surface area (Å²) in [5, 5.41) is 17.7. The molecule has 1 heterocycles. The van der Waals surface area contributed by atoms with Crippen LogP contribution in [-0.4, -0.2) is 46.2 Å². The number of aliphatic hydroxyl groups is 1. The van der Waals surface area contributed by atoms with Crippen molar-refractivity contribution in [2.45, 2.75) is 130 Å². The van der Waals surface area contributed by atoms with Crippen LogP contribution in [0, 0.1) is 0 Å². The lowest BCUT2D eigenvalue weighted by atomic mass is 10.0. The Balaban J connectivity index is 0.000000870. The van der Waals surface area contributed by atoms with Crippen molar-refractivity contribution in [3.05, 3.63) is 35.9 Å². The molecule has 1 fully saturated rings. The van der Waals surface area contributed by atoms with Crippen LogP contribution in [0.3, 0.4) is 0 Å². The van der Waals surface area contributed by atoms with Gasteiger partial charge in [0.2, 0.25) is 5.91 Å². The van der Waals surface area contributed by atoms with Crippen molar-refractivity contribution in [2.75, 3.05) is 13.2 Å². The van der Waals surface area contributed by atoms with E-state index >= 15 is 0 Å². The summed E-state index contributed by atoms with van der Waals surface area (Å²) in [6, 6.07) is 8.39. The van der Waals surface area contributed by atoms with E-state index in [0.717, 1.165) is 25.8 Å². The highest BCUT2D eigenvalue weighted by molar-refractivity contribution is 5.87. The molecule has 2 rings (SSSR count). The number of hydrogen-bond donors (Lipinski definition) is 2. The monoisotopic (exact) mass is 491 g/mol. The number of carboxylic acids is 1. The molecule has 2 N–H and O–H groups in total. The van der Waals surface area contributed by atoms with E-state index in [1.54, 1.807) is 30.3 Å². The van der Waals surface area contributed by atoms with Gasteiger partial charge in [0.05, 0.1) is 18.2 Å². The van der Waals surface area contributed by atoms with E-state index in [1.165, 1.54) is 77.0 Å². The number of unbranched alkanes of at least 4 members (excludes halogenated alkanes) is 12. The van der Waals surface area contributed by atoms with Crippen molar-refractivity contribution in [3.8, 4) is 0 Å². The van der Waals surface area contributed by atoms with Gasteiger partial charge in [-0.3, -0.25) is 4.79 Å². The number of aliphatic hydroxyl groups excluding tert-OH is 1. The van der Waals surface area contributed by atoms with Crippen LogP contribution < -0.4 is 0 Å². The maximum absolute atomic E-state index is 12.1. The molecule has 5 nitrogen and oxygen atoms in total. The Morgan fingerprint density at radius 2 is 1.31 bits per heavy atom. The standard InChI is InChI=1S/C21H41NO2.C7H6O2.C2H6/c1-2-3-4-5-6-7-8-9-10-11-12-13-14-17-21(24)22-18-15-16-20(22)19-23;8-7(9)6-4-2-1-3-5-6;1-2/h20,23H,2-19H2,1H3;1-5H,(H,8,9);1-2H3. The molecule has 0 bridgehead atoms. The third kappa shape index (κ3) is 17.2. The molecule has 1 unspecified atom stereocenters. The van der Waals surface area contributed by atoms with E-state index in [4.69, 9.17) is 5.11 Å². The van der Waals surface area contributed by atoms with Crippen LogP contribution in [0.1, 0.15) is 134 Å². The van der Waals surface area contributed by atoms with Gasteiger partial charge in [0.1, 0.15) is 0 Å². The maximum Gasteiger partial charge on any atom is 0.335 e. The minimum absolute atomic E-state index is 0.0967. The highest BCUT2D eigenvalue weighted by Crippen LogP contribution is 2.19. The molecule has 0 saturated carbocycles. The minimum atomic E-state index is -0.879. The number of carbonyl (C=O) groups excluding carboxylic acids is 1. The summed E-state index contributed by atoms with van der Waals surface area (Å²) in [6.07, 6.45) is 20.1. The largest absolute Gasteiger partial charge is 0.478 e. The predicted octanol–water partition coefficient (Wildman–Crippen LogP) is 7.86. The first-order chi connectivity index (χ1) is 17.1. The summed E-state index contributed by atoms with van der Waals surface area (Å²) < 4.78 is 0. The average molecular weight is 492 g/mol. The molecule has 1 aliphatic heterocycles. The number of rotatable bonds is 16. The Labute approximate surface area is 215 Å². The fourth-order valence-corrected chi connectivity index (χ4v) is 4.37. The van der Waals surface area contributed by atoms with Crippen LogP contribution >= 0.6 is 0 Å². The second-order valence-electron chi connectivity index (χ2n) is 9.23. The lowest BCUT2D eigenvalue weighted by molar-refractivity contribution is -0.132. The second-order valence-corrected chi connectivity index (χ2v) is 9.23. The van der Waals surface area contributed by atoms with Crippen molar-refractivity contribution in [1.29, 1.82) is 0 Å². The van der Waals surface area contributed by atoms with Gasteiger partial charge in [0, 0.05) is 13.0 Å². The number of likely N-dealkylation sites (tertiary alicyclic amines) is 1. The molecular weight excluding hydrogens is 438 g/mol. The molecule has 1 amide bonds. The van der Waals surface area contributed by atoms with Gasteiger partial charge in [0.15, 0.2) is 0 Å². The highest BCUT2D eigenvalue weighted by atomic mass is 16.4. The van der Waals surface area contributed by atoms with Crippen molar-refractivity contribution >= 4 is 11.9 Å².